The zero-order valence-electron chi connectivity index (χ0n) is 8.85. The number of carbonyl (C=O) groups is 1. The van der Waals surface area contributed by atoms with Crippen molar-refractivity contribution in [2.45, 2.75) is 17.2 Å². The molecule has 0 radical (unpaired) electrons. The molecule has 0 atom stereocenters. The molecule has 6 nitrogen and oxygen atoms in total. The summed E-state index contributed by atoms with van der Waals surface area (Å²) in [6.07, 6.45) is 0. The predicted molar refractivity (Wildman–Crippen MR) is 61.3 cm³/mol. The Bertz CT molecular complexity index is 423. The van der Waals surface area contributed by atoms with Gasteiger partial charge in [0, 0.05) is 12.3 Å². The largest absolute Gasteiger partial charge is 0.481 e. The van der Waals surface area contributed by atoms with Gasteiger partial charge in [0.15, 0.2) is 5.16 Å². The first-order valence-corrected chi connectivity index (χ1v) is 6.50. The van der Waals surface area contributed by atoms with Crippen LogP contribution in [0, 0.1) is 0 Å². The van der Waals surface area contributed by atoms with E-state index < -0.39 is 11.5 Å². The molecule has 0 spiro atoms. The molecule has 0 bridgehead atoms. The molecule has 0 aromatic carbocycles. The Morgan fingerprint density at radius 2 is 2.11 bits per heavy atom. The highest BCUT2D eigenvalue weighted by atomic mass is 32.2. The van der Waals surface area contributed by atoms with Gasteiger partial charge in [-0.2, -0.15) is 13.2 Å². The number of rotatable bonds is 6. The van der Waals surface area contributed by atoms with Crippen molar-refractivity contribution in [3.8, 4) is 0 Å². The molecule has 0 aliphatic rings. The molecular weight excluding hydrogens is 293 g/mol. The van der Waals surface area contributed by atoms with E-state index in [0.29, 0.717) is 0 Å². The maximum absolute atomic E-state index is 11.9. The topological polar surface area (TPSA) is 94.0 Å². The number of carboxylic acids is 1. The summed E-state index contributed by atoms with van der Waals surface area (Å²) in [6.45, 7) is -0.0367. The van der Waals surface area contributed by atoms with Crippen LogP contribution in [0.2, 0.25) is 0 Å². The molecule has 0 amide bonds. The number of thioether (sulfide) groups is 2. The van der Waals surface area contributed by atoms with Gasteiger partial charge in [0.1, 0.15) is 0 Å². The van der Waals surface area contributed by atoms with E-state index in [1.807, 2.05) is 0 Å². The Kier molecular flexibility index (Phi) is 5.14. The first-order chi connectivity index (χ1) is 8.29. The van der Waals surface area contributed by atoms with E-state index in [-0.39, 0.29) is 40.9 Å². The van der Waals surface area contributed by atoms with Crippen LogP contribution in [-0.4, -0.2) is 42.9 Å². The van der Waals surface area contributed by atoms with Gasteiger partial charge in [-0.3, -0.25) is 9.36 Å². The minimum atomic E-state index is -4.31. The van der Waals surface area contributed by atoms with Crippen molar-refractivity contribution in [3.63, 3.8) is 0 Å². The number of nitrogens with two attached hydrogens (primary N) is 1. The monoisotopic (exact) mass is 302 g/mol. The van der Waals surface area contributed by atoms with Gasteiger partial charge in [0.05, 0.1) is 5.75 Å². The normalized spacial score (nSPS) is 11.7. The van der Waals surface area contributed by atoms with Gasteiger partial charge in [-0.1, -0.05) is 11.8 Å². The van der Waals surface area contributed by atoms with Crippen LogP contribution in [0.1, 0.15) is 0 Å². The molecule has 0 unspecified atom stereocenters. The quantitative estimate of drug-likeness (QED) is 0.765. The summed E-state index contributed by atoms with van der Waals surface area (Å²) in [6, 6.07) is 0. The lowest BCUT2D eigenvalue weighted by Crippen LogP contribution is -2.10. The number of nitrogen functional groups attached to an aromatic ring is 1. The zero-order chi connectivity index (χ0) is 13.8. The number of aromatic nitrogens is 3. The Hall–Kier alpha value is -1.10. The molecule has 0 saturated carbocycles. The Morgan fingerprint density at radius 3 is 2.67 bits per heavy atom. The van der Waals surface area contributed by atoms with E-state index >= 15 is 0 Å². The number of nitrogens with zero attached hydrogens (tertiary/aromatic N) is 3. The summed E-state index contributed by atoms with van der Waals surface area (Å²) in [5, 5.41) is 15.8. The molecule has 0 fully saturated rings. The van der Waals surface area contributed by atoms with Crippen LogP contribution in [0.15, 0.2) is 5.16 Å². The Morgan fingerprint density at radius 1 is 1.44 bits per heavy atom. The van der Waals surface area contributed by atoms with E-state index in [1.165, 1.54) is 4.57 Å². The van der Waals surface area contributed by atoms with Gasteiger partial charge in [-0.05, 0) is 11.8 Å². The summed E-state index contributed by atoms with van der Waals surface area (Å²) >= 11 is 0.669. The third kappa shape index (κ3) is 5.04. The maximum atomic E-state index is 11.9. The second-order valence-electron chi connectivity index (χ2n) is 2.97. The highest BCUT2D eigenvalue weighted by Gasteiger charge is 2.27. The second-order valence-corrected chi connectivity index (χ2v) is 5.07. The van der Waals surface area contributed by atoms with Gasteiger partial charge in [-0.15, -0.1) is 10.2 Å². The summed E-state index contributed by atoms with van der Waals surface area (Å²) in [5.41, 5.74) is 1.13. The molecule has 0 aliphatic carbocycles. The van der Waals surface area contributed by atoms with Crippen LogP contribution in [0.4, 0.5) is 19.1 Å². The van der Waals surface area contributed by atoms with Gasteiger partial charge in [0.2, 0.25) is 5.95 Å². The highest BCUT2D eigenvalue weighted by Crippen LogP contribution is 2.30. The molecule has 1 aromatic heterocycles. The van der Waals surface area contributed by atoms with Gasteiger partial charge < -0.3 is 10.8 Å². The first kappa shape index (κ1) is 15.0. The maximum Gasteiger partial charge on any atom is 0.441 e. The van der Waals surface area contributed by atoms with Crippen molar-refractivity contribution in [3.05, 3.63) is 0 Å². The first-order valence-electron chi connectivity index (χ1n) is 4.53. The SMILES string of the molecule is Nc1nnc(SCC(=O)O)n1CCSC(F)(F)F. The van der Waals surface area contributed by atoms with Crippen molar-refractivity contribution in [2.24, 2.45) is 0 Å². The fraction of sp³-hybridized carbons (Fsp3) is 0.571. The zero-order valence-corrected chi connectivity index (χ0v) is 10.5. The number of anilines is 1. The molecule has 0 saturated heterocycles. The molecule has 1 aromatic rings. The lowest BCUT2D eigenvalue weighted by Gasteiger charge is -2.08. The summed E-state index contributed by atoms with van der Waals surface area (Å²) < 4.78 is 37.1. The lowest BCUT2D eigenvalue weighted by atomic mass is 10.7. The highest BCUT2D eigenvalue weighted by molar-refractivity contribution is 8.00. The number of hydrogen-bond donors (Lipinski definition) is 2. The van der Waals surface area contributed by atoms with E-state index in [0.717, 1.165) is 11.8 Å². The van der Waals surface area contributed by atoms with Gasteiger partial charge >= 0.3 is 11.5 Å². The van der Waals surface area contributed by atoms with Crippen LogP contribution in [0.5, 0.6) is 0 Å². The van der Waals surface area contributed by atoms with Crippen LogP contribution in [0.3, 0.4) is 0 Å². The van der Waals surface area contributed by atoms with Crippen LogP contribution in [0.25, 0.3) is 0 Å². The minimum absolute atomic E-state index is 0.0364. The second kappa shape index (κ2) is 6.18. The third-order valence-corrected chi connectivity index (χ3v) is 3.32. The fourth-order valence-corrected chi connectivity index (χ4v) is 2.19. The van der Waals surface area contributed by atoms with Crippen LogP contribution < -0.4 is 5.73 Å². The van der Waals surface area contributed by atoms with Crippen LogP contribution in [-0.2, 0) is 11.3 Å². The Labute approximate surface area is 108 Å². The smallest absolute Gasteiger partial charge is 0.441 e. The summed E-state index contributed by atoms with van der Waals surface area (Å²) in [4.78, 5) is 10.4. The van der Waals surface area contributed by atoms with E-state index in [4.69, 9.17) is 10.8 Å². The van der Waals surface area contributed by atoms with Gasteiger partial charge in [0.25, 0.3) is 0 Å². The fourth-order valence-electron chi connectivity index (χ4n) is 0.996. The van der Waals surface area contributed by atoms with E-state index in [2.05, 4.69) is 10.2 Å². The number of halogens is 3. The molecule has 3 N–H and O–H groups in total. The van der Waals surface area contributed by atoms with Crippen LogP contribution >= 0.6 is 23.5 Å². The molecule has 18 heavy (non-hydrogen) atoms. The lowest BCUT2D eigenvalue weighted by molar-refractivity contribution is -0.133. The molecule has 0 aliphatic heterocycles. The average molecular weight is 302 g/mol. The molecule has 11 heteroatoms. The molecule has 102 valence electrons. The number of aliphatic carboxylic acids is 1. The van der Waals surface area contributed by atoms with E-state index in [1.54, 1.807) is 0 Å². The van der Waals surface area contributed by atoms with Gasteiger partial charge in [-0.25, -0.2) is 0 Å². The molecule has 1 rings (SSSR count). The van der Waals surface area contributed by atoms with Crippen molar-refractivity contribution < 1.29 is 23.1 Å². The van der Waals surface area contributed by atoms with E-state index in [9.17, 15) is 18.0 Å². The summed E-state index contributed by atoms with van der Waals surface area (Å²) in [7, 11) is 0. The molecular formula is C7H9F3N4O2S2. The van der Waals surface area contributed by atoms with Crippen molar-refractivity contribution in [1.82, 2.24) is 14.8 Å². The third-order valence-electron chi connectivity index (χ3n) is 1.65. The minimum Gasteiger partial charge on any atom is -0.481 e. The predicted octanol–water partition coefficient (Wildman–Crippen LogP) is 1.29. The molecule has 1 heterocycles. The standard InChI is InChI=1S/C7H9F3N4O2S2/c8-7(9,10)18-2-1-14-5(11)12-13-6(14)17-3-4(15)16/h1-3H2,(H2,11,12)(H,15,16). The van der Waals surface area contributed by atoms with Crippen molar-refractivity contribution in [2.75, 3.05) is 17.2 Å². The number of carboxylic acid groups (broad SMARTS) is 1. The summed E-state index contributed by atoms with van der Waals surface area (Å²) in [5.74, 6) is -1.60. The van der Waals surface area contributed by atoms with Crippen molar-refractivity contribution in [1.29, 1.82) is 0 Å². The van der Waals surface area contributed by atoms with Crippen molar-refractivity contribution >= 4 is 35.4 Å². The number of alkyl halides is 3. The number of hydrogen-bond acceptors (Lipinski definition) is 6. The average Bonchev–Trinajstić information content (AvgIpc) is 2.56. The Balaban J connectivity index is 2.58.